The normalized spacial score (nSPS) is 23.2. The molecular formula is C22H34O3. The SMILES string of the molecule is CCCCC[C@H]1CC[C@@H](C(=O)Oc2ccc(OCCC)cc2)[C@H](C)C1. The van der Waals surface area contributed by atoms with Crippen molar-refractivity contribution in [2.45, 2.75) is 72.1 Å². The molecule has 3 heteroatoms. The topological polar surface area (TPSA) is 35.5 Å². The Hall–Kier alpha value is -1.51. The van der Waals surface area contributed by atoms with Crippen LogP contribution in [0.1, 0.15) is 72.1 Å². The lowest BCUT2D eigenvalue weighted by molar-refractivity contribution is -0.142. The molecule has 0 aliphatic heterocycles. The zero-order valence-corrected chi connectivity index (χ0v) is 16.1. The van der Waals surface area contributed by atoms with Crippen molar-refractivity contribution in [3.05, 3.63) is 24.3 Å². The highest BCUT2D eigenvalue weighted by molar-refractivity contribution is 5.75. The first-order valence-electron chi connectivity index (χ1n) is 10.1. The highest BCUT2D eigenvalue weighted by Gasteiger charge is 2.33. The molecule has 1 aliphatic carbocycles. The first-order chi connectivity index (χ1) is 12.1. The molecule has 0 heterocycles. The van der Waals surface area contributed by atoms with Crippen LogP contribution in [0, 0.1) is 17.8 Å². The second kappa shape index (κ2) is 10.5. The van der Waals surface area contributed by atoms with Gasteiger partial charge in [-0.25, -0.2) is 0 Å². The molecule has 0 radical (unpaired) electrons. The Labute approximate surface area is 153 Å². The van der Waals surface area contributed by atoms with Gasteiger partial charge in [0.05, 0.1) is 12.5 Å². The van der Waals surface area contributed by atoms with E-state index in [9.17, 15) is 4.79 Å². The van der Waals surface area contributed by atoms with Gasteiger partial charge in [0, 0.05) is 0 Å². The van der Waals surface area contributed by atoms with Crippen LogP contribution in [0.5, 0.6) is 11.5 Å². The van der Waals surface area contributed by atoms with Gasteiger partial charge in [0.25, 0.3) is 0 Å². The largest absolute Gasteiger partial charge is 0.494 e. The molecule has 0 spiro atoms. The van der Waals surface area contributed by atoms with Gasteiger partial charge in [-0.15, -0.1) is 0 Å². The predicted molar refractivity (Wildman–Crippen MR) is 102 cm³/mol. The van der Waals surface area contributed by atoms with Gasteiger partial charge in [-0.2, -0.15) is 0 Å². The molecule has 3 nitrogen and oxygen atoms in total. The van der Waals surface area contributed by atoms with E-state index in [1.807, 2.05) is 24.3 Å². The van der Waals surface area contributed by atoms with Gasteiger partial charge in [-0.1, -0.05) is 46.5 Å². The zero-order valence-electron chi connectivity index (χ0n) is 16.1. The minimum Gasteiger partial charge on any atom is -0.494 e. The van der Waals surface area contributed by atoms with Crippen LogP contribution in [0.25, 0.3) is 0 Å². The third kappa shape index (κ3) is 6.37. The standard InChI is InChI=1S/C22H34O3/c1-4-6-7-8-18-9-14-21(17(3)16-18)22(23)25-20-12-10-19(11-13-20)24-15-5-2/h10-13,17-18,21H,4-9,14-16H2,1-3H3/t17-,18+,21-/m1/s1. The molecule has 1 saturated carbocycles. The minimum absolute atomic E-state index is 0.0402. The van der Waals surface area contributed by atoms with Gasteiger partial charge in [0.1, 0.15) is 11.5 Å². The number of unbranched alkanes of at least 4 members (excludes halogenated alkanes) is 2. The van der Waals surface area contributed by atoms with Crippen LogP contribution in [0.4, 0.5) is 0 Å². The molecule has 1 aromatic carbocycles. The highest BCUT2D eigenvalue weighted by atomic mass is 16.5. The number of esters is 1. The summed E-state index contributed by atoms with van der Waals surface area (Å²) in [6.45, 7) is 7.24. The Kier molecular flexibility index (Phi) is 8.30. The molecule has 0 amide bonds. The first-order valence-corrected chi connectivity index (χ1v) is 10.1. The van der Waals surface area contributed by atoms with Crippen molar-refractivity contribution in [3.63, 3.8) is 0 Å². The van der Waals surface area contributed by atoms with Gasteiger partial charge >= 0.3 is 5.97 Å². The quantitative estimate of drug-likeness (QED) is 0.312. The second-order valence-corrected chi connectivity index (χ2v) is 7.50. The van der Waals surface area contributed by atoms with Crippen molar-refractivity contribution in [1.82, 2.24) is 0 Å². The number of hydrogen-bond acceptors (Lipinski definition) is 3. The zero-order chi connectivity index (χ0) is 18.1. The first kappa shape index (κ1) is 19.8. The smallest absolute Gasteiger partial charge is 0.314 e. The lowest BCUT2D eigenvalue weighted by atomic mass is 9.73. The molecule has 25 heavy (non-hydrogen) atoms. The molecule has 2 rings (SSSR count). The maximum absolute atomic E-state index is 12.5. The lowest BCUT2D eigenvalue weighted by Gasteiger charge is -2.32. The van der Waals surface area contributed by atoms with Gasteiger partial charge in [-0.05, 0) is 61.8 Å². The Morgan fingerprint density at radius 1 is 1.04 bits per heavy atom. The lowest BCUT2D eigenvalue weighted by Crippen LogP contribution is -2.32. The van der Waals surface area contributed by atoms with Crippen molar-refractivity contribution < 1.29 is 14.3 Å². The van der Waals surface area contributed by atoms with Crippen molar-refractivity contribution >= 4 is 5.97 Å². The average Bonchev–Trinajstić information content (AvgIpc) is 2.61. The summed E-state index contributed by atoms with van der Waals surface area (Å²) in [4.78, 5) is 12.5. The number of carbonyl (C=O) groups excluding carboxylic acids is 1. The molecule has 3 atom stereocenters. The Bertz CT molecular complexity index is 509. The number of ether oxygens (including phenoxy) is 2. The molecule has 1 fully saturated rings. The number of carbonyl (C=O) groups is 1. The summed E-state index contributed by atoms with van der Waals surface area (Å²) < 4.78 is 11.2. The van der Waals surface area contributed by atoms with Crippen molar-refractivity contribution in [1.29, 1.82) is 0 Å². The maximum Gasteiger partial charge on any atom is 0.314 e. The summed E-state index contributed by atoms with van der Waals surface area (Å²) in [5, 5.41) is 0. The fraction of sp³-hybridized carbons (Fsp3) is 0.682. The molecule has 140 valence electrons. The summed E-state index contributed by atoms with van der Waals surface area (Å²) >= 11 is 0. The van der Waals surface area contributed by atoms with E-state index in [-0.39, 0.29) is 11.9 Å². The van der Waals surface area contributed by atoms with E-state index < -0.39 is 0 Å². The molecule has 1 aromatic rings. The fourth-order valence-electron chi connectivity index (χ4n) is 3.82. The average molecular weight is 347 g/mol. The van der Waals surface area contributed by atoms with E-state index in [1.165, 1.54) is 25.7 Å². The van der Waals surface area contributed by atoms with Crippen molar-refractivity contribution in [2.75, 3.05) is 6.61 Å². The van der Waals surface area contributed by atoms with Gasteiger partial charge in [-0.3, -0.25) is 4.79 Å². The predicted octanol–water partition coefficient (Wildman–Crippen LogP) is 6.01. The van der Waals surface area contributed by atoms with E-state index >= 15 is 0 Å². The van der Waals surface area contributed by atoms with E-state index in [0.29, 0.717) is 18.3 Å². The summed E-state index contributed by atoms with van der Waals surface area (Å²) in [5.74, 6) is 2.62. The monoisotopic (exact) mass is 346 g/mol. The Balaban J connectivity index is 1.80. The van der Waals surface area contributed by atoms with Crippen molar-refractivity contribution in [3.8, 4) is 11.5 Å². The number of benzene rings is 1. The third-order valence-electron chi connectivity index (χ3n) is 5.31. The van der Waals surface area contributed by atoms with Gasteiger partial charge in [0.15, 0.2) is 0 Å². The van der Waals surface area contributed by atoms with Crippen LogP contribution in [-0.4, -0.2) is 12.6 Å². The molecule has 0 aromatic heterocycles. The highest BCUT2D eigenvalue weighted by Crippen LogP contribution is 2.37. The second-order valence-electron chi connectivity index (χ2n) is 7.50. The minimum atomic E-state index is -0.0678. The molecule has 0 unspecified atom stereocenters. The van der Waals surface area contributed by atoms with E-state index in [1.54, 1.807) is 0 Å². The van der Waals surface area contributed by atoms with Crippen molar-refractivity contribution in [2.24, 2.45) is 17.8 Å². The van der Waals surface area contributed by atoms with Gasteiger partial charge in [0.2, 0.25) is 0 Å². The Morgan fingerprint density at radius 2 is 1.76 bits per heavy atom. The third-order valence-corrected chi connectivity index (χ3v) is 5.31. The van der Waals surface area contributed by atoms with E-state index in [4.69, 9.17) is 9.47 Å². The van der Waals surface area contributed by atoms with E-state index in [2.05, 4.69) is 20.8 Å². The molecule has 0 N–H and O–H groups in total. The van der Waals surface area contributed by atoms with Crippen LogP contribution >= 0.6 is 0 Å². The van der Waals surface area contributed by atoms with Crippen LogP contribution < -0.4 is 9.47 Å². The molecule has 0 saturated heterocycles. The summed E-state index contributed by atoms with van der Waals surface area (Å²) in [6, 6.07) is 7.38. The van der Waals surface area contributed by atoms with Crippen LogP contribution in [0.15, 0.2) is 24.3 Å². The summed E-state index contributed by atoms with van der Waals surface area (Å²) in [6.07, 6.45) is 9.53. The maximum atomic E-state index is 12.5. The van der Waals surface area contributed by atoms with Crippen LogP contribution in [0.2, 0.25) is 0 Å². The molecule has 0 bridgehead atoms. The van der Waals surface area contributed by atoms with Crippen LogP contribution in [0.3, 0.4) is 0 Å². The Morgan fingerprint density at radius 3 is 2.40 bits per heavy atom. The van der Waals surface area contributed by atoms with Crippen LogP contribution in [-0.2, 0) is 4.79 Å². The number of rotatable bonds is 9. The summed E-state index contributed by atoms with van der Waals surface area (Å²) in [5.41, 5.74) is 0. The van der Waals surface area contributed by atoms with E-state index in [0.717, 1.165) is 37.4 Å². The fourth-order valence-corrected chi connectivity index (χ4v) is 3.82. The number of hydrogen-bond donors (Lipinski definition) is 0. The summed E-state index contributed by atoms with van der Waals surface area (Å²) in [7, 11) is 0. The van der Waals surface area contributed by atoms with Gasteiger partial charge < -0.3 is 9.47 Å². The molecule has 1 aliphatic rings. The molecular weight excluding hydrogens is 312 g/mol.